The molecule has 19 heavy (non-hydrogen) atoms. The smallest absolute Gasteiger partial charge is 0.137 e. The second-order valence-corrected chi connectivity index (χ2v) is 5.77. The molecule has 1 aromatic carbocycles. The normalized spacial score (nSPS) is 12.5. The molecule has 0 amide bonds. The third-order valence-electron chi connectivity index (χ3n) is 3.06. The van der Waals surface area contributed by atoms with Gasteiger partial charge in [-0.15, -0.1) is 11.3 Å². The zero-order valence-corrected chi connectivity index (χ0v) is 13.0. The van der Waals surface area contributed by atoms with Crippen LogP contribution in [0, 0.1) is 6.92 Å². The van der Waals surface area contributed by atoms with E-state index in [1.165, 1.54) is 4.88 Å². The van der Waals surface area contributed by atoms with Crippen molar-refractivity contribution in [3.63, 3.8) is 0 Å². The Labute approximate surface area is 122 Å². The summed E-state index contributed by atoms with van der Waals surface area (Å²) in [5.74, 6) is 0.683. The molecule has 5 heteroatoms. The molecule has 1 unspecified atom stereocenters. The first kappa shape index (κ1) is 14.3. The molecule has 3 nitrogen and oxygen atoms in total. The predicted molar refractivity (Wildman–Crippen MR) is 81.3 cm³/mol. The van der Waals surface area contributed by atoms with Crippen LogP contribution in [0.25, 0.3) is 10.6 Å². The molecule has 1 atom stereocenters. The van der Waals surface area contributed by atoms with Gasteiger partial charge in [-0.3, -0.25) is 0 Å². The quantitative estimate of drug-likeness (QED) is 0.924. The number of hydrogen-bond acceptors (Lipinski definition) is 4. The van der Waals surface area contributed by atoms with E-state index in [0.29, 0.717) is 16.8 Å². The summed E-state index contributed by atoms with van der Waals surface area (Å²) in [5, 5.41) is 4.83. The van der Waals surface area contributed by atoms with E-state index in [0.717, 1.165) is 16.3 Å². The maximum absolute atomic E-state index is 6.16. The topological polar surface area (TPSA) is 34.1 Å². The van der Waals surface area contributed by atoms with Crippen molar-refractivity contribution in [1.29, 1.82) is 0 Å². The lowest BCUT2D eigenvalue weighted by Crippen LogP contribution is -2.11. The number of halogens is 1. The van der Waals surface area contributed by atoms with Crippen LogP contribution < -0.4 is 10.1 Å². The molecular formula is C14H17ClN2OS. The van der Waals surface area contributed by atoms with Crippen molar-refractivity contribution in [3.8, 4) is 16.3 Å². The number of benzene rings is 1. The molecule has 0 saturated carbocycles. The van der Waals surface area contributed by atoms with Crippen molar-refractivity contribution in [2.24, 2.45) is 0 Å². The molecule has 0 aliphatic heterocycles. The molecule has 1 heterocycles. The minimum atomic E-state index is 0.306. The number of nitrogens with zero attached hydrogens (tertiary/aromatic N) is 1. The van der Waals surface area contributed by atoms with Gasteiger partial charge in [0.15, 0.2) is 0 Å². The summed E-state index contributed by atoms with van der Waals surface area (Å²) in [6.45, 7) is 4.17. The summed E-state index contributed by atoms with van der Waals surface area (Å²) in [6, 6.07) is 6.05. The van der Waals surface area contributed by atoms with Gasteiger partial charge in [-0.05, 0) is 39.1 Å². The third-order valence-corrected chi connectivity index (χ3v) is 4.74. The van der Waals surface area contributed by atoms with Crippen LogP contribution in [0.3, 0.4) is 0 Å². The van der Waals surface area contributed by atoms with E-state index in [4.69, 9.17) is 16.3 Å². The highest BCUT2D eigenvalue weighted by molar-refractivity contribution is 7.15. The molecule has 0 aliphatic carbocycles. The predicted octanol–water partition coefficient (Wildman–Crippen LogP) is 4.06. The number of ether oxygens (including phenoxy) is 1. The Morgan fingerprint density at radius 1 is 1.42 bits per heavy atom. The van der Waals surface area contributed by atoms with Crippen LogP contribution in [0.1, 0.15) is 23.5 Å². The zero-order valence-electron chi connectivity index (χ0n) is 11.5. The fourth-order valence-corrected chi connectivity index (χ4v) is 3.25. The maximum Gasteiger partial charge on any atom is 0.137 e. The molecule has 0 saturated heterocycles. The van der Waals surface area contributed by atoms with E-state index in [-0.39, 0.29) is 0 Å². The first-order valence-electron chi connectivity index (χ1n) is 6.05. The molecule has 102 valence electrons. The van der Waals surface area contributed by atoms with Crippen LogP contribution in [0.4, 0.5) is 0 Å². The van der Waals surface area contributed by atoms with Crippen LogP contribution in [-0.4, -0.2) is 19.1 Å². The maximum atomic E-state index is 6.16. The Morgan fingerprint density at radius 3 is 2.74 bits per heavy atom. The fraction of sp³-hybridized carbons (Fsp3) is 0.357. The first-order valence-corrected chi connectivity index (χ1v) is 7.24. The average molecular weight is 297 g/mol. The Balaban J connectivity index is 2.40. The van der Waals surface area contributed by atoms with Crippen molar-refractivity contribution in [2.75, 3.05) is 14.2 Å². The average Bonchev–Trinajstić information content (AvgIpc) is 2.80. The van der Waals surface area contributed by atoms with Crippen molar-refractivity contribution in [3.05, 3.63) is 33.8 Å². The molecular weight excluding hydrogens is 280 g/mol. The van der Waals surface area contributed by atoms with Gasteiger partial charge in [-0.1, -0.05) is 11.6 Å². The highest BCUT2D eigenvalue weighted by Gasteiger charge is 2.14. The number of aryl methyl sites for hydroxylation is 1. The molecule has 0 aliphatic rings. The molecule has 0 fully saturated rings. The zero-order chi connectivity index (χ0) is 14.0. The molecule has 0 spiro atoms. The Morgan fingerprint density at radius 2 is 2.16 bits per heavy atom. The first-order chi connectivity index (χ1) is 9.06. The summed E-state index contributed by atoms with van der Waals surface area (Å²) >= 11 is 7.85. The largest absolute Gasteiger partial charge is 0.495 e. The molecule has 1 N–H and O–H groups in total. The Hall–Kier alpha value is -1.10. The van der Waals surface area contributed by atoms with E-state index in [1.54, 1.807) is 18.4 Å². The Kier molecular flexibility index (Phi) is 4.45. The van der Waals surface area contributed by atoms with Crippen molar-refractivity contribution in [2.45, 2.75) is 19.9 Å². The lowest BCUT2D eigenvalue weighted by atomic mass is 10.2. The van der Waals surface area contributed by atoms with Crippen LogP contribution in [-0.2, 0) is 0 Å². The van der Waals surface area contributed by atoms with Crippen molar-refractivity contribution >= 4 is 22.9 Å². The van der Waals surface area contributed by atoms with Crippen molar-refractivity contribution in [1.82, 2.24) is 10.3 Å². The highest BCUT2D eigenvalue weighted by atomic mass is 35.5. The minimum absolute atomic E-state index is 0.306. The van der Waals surface area contributed by atoms with Crippen LogP contribution >= 0.6 is 22.9 Å². The van der Waals surface area contributed by atoms with Gasteiger partial charge >= 0.3 is 0 Å². The highest BCUT2D eigenvalue weighted by Crippen LogP contribution is 2.35. The van der Waals surface area contributed by atoms with Gasteiger partial charge in [0.1, 0.15) is 10.8 Å². The standard InChI is InChI=1S/C14H17ClN2OS/c1-8(16-3)13-9(2)17-14(19-13)10-5-6-12(18-4)11(15)7-10/h5-8,16H,1-4H3. The molecule has 2 aromatic rings. The second kappa shape index (κ2) is 5.90. The number of aromatic nitrogens is 1. The summed E-state index contributed by atoms with van der Waals surface area (Å²) in [7, 11) is 3.56. The van der Waals surface area contributed by atoms with Crippen LogP contribution in [0.2, 0.25) is 5.02 Å². The summed E-state index contributed by atoms with van der Waals surface area (Å²) in [6.07, 6.45) is 0. The summed E-state index contributed by atoms with van der Waals surface area (Å²) in [5.41, 5.74) is 2.09. The molecule has 0 bridgehead atoms. The van der Waals surface area contributed by atoms with Gasteiger partial charge in [-0.25, -0.2) is 4.98 Å². The van der Waals surface area contributed by atoms with Gasteiger partial charge in [0.05, 0.1) is 17.8 Å². The number of methoxy groups -OCH3 is 1. The van der Waals surface area contributed by atoms with Gasteiger partial charge in [-0.2, -0.15) is 0 Å². The minimum Gasteiger partial charge on any atom is -0.495 e. The lowest BCUT2D eigenvalue weighted by molar-refractivity contribution is 0.415. The number of rotatable bonds is 4. The van der Waals surface area contributed by atoms with Crippen LogP contribution in [0.15, 0.2) is 18.2 Å². The summed E-state index contributed by atoms with van der Waals surface area (Å²) < 4.78 is 5.16. The van der Waals surface area contributed by atoms with Crippen molar-refractivity contribution < 1.29 is 4.74 Å². The number of thiazole rings is 1. The van der Waals surface area contributed by atoms with Gasteiger partial charge < -0.3 is 10.1 Å². The van der Waals surface area contributed by atoms with Gasteiger partial charge in [0.25, 0.3) is 0 Å². The van der Waals surface area contributed by atoms with E-state index in [2.05, 4.69) is 17.2 Å². The SMILES string of the molecule is CNC(C)c1sc(-c2ccc(OC)c(Cl)c2)nc1C. The van der Waals surface area contributed by atoms with Gasteiger partial charge in [0.2, 0.25) is 0 Å². The Bertz CT molecular complexity index is 583. The molecule has 0 radical (unpaired) electrons. The molecule has 2 rings (SSSR count). The van der Waals surface area contributed by atoms with E-state index < -0.39 is 0 Å². The van der Waals surface area contributed by atoms with Crippen LogP contribution in [0.5, 0.6) is 5.75 Å². The van der Waals surface area contributed by atoms with E-state index >= 15 is 0 Å². The lowest BCUT2D eigenvalue weighted by Gasteiger charge is -2.07. The summed E-state index contributed by atoms with van der Waals surface area (Å²) in [4.78, 5) is 5.88. The number of nitrogens with one attached hydrogen (secondary N) is 1. The van der Waals surface area contributed by atoms with Gasteiger partial charge in [0, 0.05) is 16.5 Å². The monoisotopic (exact) mass is 296 g/mol. The molecule has 1 aromatic heterocycles. The second-order valence-electron chi connectivity index (χ2n) is 4.33. The number of hydrogen-bond donors (Lipinski definition) is 1. The van der Waals surface area contributed by atoms with E-state index in [9.17, 15) is 0 Å². The fourth-order valence-electron chi connectivity index (χ4n) is 1.86. The van der Waals surface area contributed by atoms with E-state index in [1.807, 2.05) is 32.2 Å². The third kappa shape index (κ3) is 2.91.